The van der Waals surface area contributed by atoms with Gasteiger partial charge in [0.15, 0.2) is 0 Å². The molecule has 6 heteroatoms. The summed E-state index contributed by atoms with van der Waals surface area (Å²) in [6.07, 6.45) is 1.12. The topological polar surface area (TPSA) is 32.7 Å². The minimum atomic E-state index is -0.669. The van der Waals surface area contributed by atoms with E-state index < -0.39 is 17.7 Å². The van der Waals surface area contributed by atoms with Gasteiger partial charge in [0.1, 0.15) is 17.4 Å². The Hall–Kier alpha value is -1.63. The van der Waals surface area contributed by atoms with E-state index in [1.165, 1.54) is 6.07 Å². The SMILES string of the molecule is COc1ccc(Sc2cc(F)ccc2F)c(C(O)C2CCN(C)CC2)c1. The second kappa shape index (κ2) is 8.37. The molecule has 1 N–H and O–H groups in total. The van der Waals surface area contributed by atoms with Crippen LogP contribution in [-0.2, 0) is 0 Å². The Kier molecular flexibility index (Phi) is 6.16. The summed E-state index contributed by atoms with van der Waals surface area (Å²) in [7, 11) is 3.64. The van der Waals surface area contributed by atoms with Crippen LogP contribution in [0.4, 0.5) is 8.78 Å². The van der Waals surface area contributed by atoms with E-state index in [0.29, 0.717) is 16.2 Å². The maximum absolute atomic E-state index is 14.1. The van der Waals surface area contributed by atoms with Crippen molar-refractivity contribution in [2.45, 2.75) is 28.7 Å². The van der Waals surface area contributed by atoms with E-state index in [-0.39, 0.29) is 10.8 Å². The third-order valence-corrected chi connectivity index (χ3v) is 5.98. The van der Waals surface area contributed by atoms with Gasteiger partial charge in [-0.1, -0.05) is 11.8 Å². The van der Waals surface area contributed by atoms with Crippen LogP contribution >= 0.6 is 11.8 Å². The lowest BCUT2D eigenvalue weighted by Crippen LogP contribution is -2.32. The molecule has 1 saturated heterocycles. The number of piperidine rings is 1. The number of hydrogen-bond donors (Lipinski definition) is 1. The van der Waals surface area contributed by atoms with Gasteiger partial charge < -0.3 is 14.7 Å². The van der Waals surface area contributed by atoms with Crippen molar-refractivity contribution in [2.75, 3.05) is 27.2 Å². The molecule has 1 heterocycles. The molecule has 3 rings (SSSR count). The van der Waals surface area contributed by atoms with E-state index in [2.05, 4.69) is 11.9 Å². The zero-order valence-electron chi connectivity index (χ0n) is 14.9. The van der Waals surface area contributed by atoms with Crippen LogP contribution in [-0.4, -0.2) is 37.3 Å². The number of benzene rings is 2. The Bertz CT molecular complexity index is 763. The van der Waals surface area contributed by atoms with Gasteiger partial charge in [0.05, 0.1) is 18.1 Å². The highest BCUT2D eigenvalue weighted by Crippen LogP contribution is 2.40. The molecule has 0 bridgehead atoms. The first-order valence-electron chi connectivity index (χ1n) is 8.65. The Labute approximate surface area is 157 Å². The zero-order valence-corrected chi connectivity index (χ0v) is 15.7. The monoisotopic (exact) mass is 379 g/mol. The van der Waals surface area contributed by atoms with E-state index in [1.54, 1.807) is 25.3 Å². The minimum absolute atomic E-state index is 0.134. The summed E-state index contributed by atoms with van der Waals surface area (Å²) < 4.78 is 32.8. The van der Waals surface area contributed by atoms with Crippen LogP contribution in [0.1, 0.15) is 24.5 Å². The first-order valence-corrected chi connectivity index (χ1v) is 9.47. The van der Waals surface area contributed by atoms with Crippen molar-refractivity contribution in [3.05, 3.63) is 53.6 Å². The lowest BCUT2D eigenvalue weighted by Gasteiger charge is -2.32. The molecule has 1 atom stereocenters. The fraction of sp³-hybridized carbons (Fsp3) is 0.400. The maximum Gasteiger partial charge on any atom is 0.137 e. The number of hydrogen-bond acceptors (Lipinski definition) is 4. The largest absolute Gasteiger partial charge is 0.497 e. The van der Waals surface area contributed by atoms with Gasteiger partial charge in [-0.3, -0.25) is 0 Å². The minimum Gasteiger partial charge on any atom is -0.497 e. The van der Waals surface area contributed by atoms with E-state index in [4.69, 9.17) is 4.74 Å². The van der Waals surface area contributed by atoms with Crippen molar-refractivity contribution in [2.24, 2.45) is 5.92 Å². The van der Waals surface area contributed by atoms with Crippen LogP contribution in [0, 0.1) is 17.6 Å². The summed E-state index contributed by atoms with van der Waals surface area (Å²) in [4.78, 5) is 3.15. The van der Waals surface area contributed by atoms with Crippen LogP contribution in [0.5, 0.6) is 5.75 Å². The third kappa shape index (κ3) is 4.37. The first kappa shape index (κ1) is 19.1. The standard InChI is InChI=1S/C20H23F2NO2S/c1-23-9-7-13(8-10-23)20(24)16-12-15(25-2)4-6-18(16)26-19-11-14(21)3-5-17(19)22/h3-6,11-13,20,24H,7-10H2,1-2H3. The van der Waals surface area contributed by atoms with Crippen LogP contribution in [0.15, 0.2) is 46.2 Å². The van der Waals surface area contributed by atoms with Crippen molar-refractivity contribution >= 4 is 11.8 Å². The predicted octanol–water partition coefficient (Wildman–Crippen LogP) is 4.50. The summed E-state index contributed by atoms with van der Waals surface area (Å²) in [5.74, 6) is -0.196. The van der Waals surface area contributed by atoms with Gasteiger partial charge in [-0.2, -0.15) is 0 Å². The van der Waals surface area contributed by atoms with Crippen LogP contribution in [0.3, 0.4) is 0 Å². The van der Waals surface area contributed by atoms with E-state index in [9.17, 15) is 13.9 Å². The third-order valence-electron chi connectivity index (χ3n) is 4.86. The smallest absolute Gasteiger partial charge is 0.137 e. The van der Waals surface area contributed by atoms with Gasteiger partial charge >= 0.3 is 0 Å². The number of rotatable bonds is 5. The van der Waals surface area contributed by atoms with Crippen LogP contribution in [0.2, 0.25) is 0 Å². The first-order chi connectivity index (χ1) is 12.5. The van der Waals surface area contributed by atoms with Crippen molar-refractivity contribution in [1.29, 1.82) is 0 Å². The van der Waals surface area contributed by atoms with E-state index >= 15 is 0 Å². The molecule has 1 aliphatic rings. The number of halogens is 2. The molecular weight excluding hydrogens is 356 g/mol. The average molecular weight is 379 g/mol. The summed E-state index contributed by atoms with van der Waals surface area (Å²) in [5, 5.41) is 11.0. The molecule has 0 spiro atoms. The number of likely N-dealkylation sites (tertiary alicyclic amines) is 1. The molecule has 26 heavy (non-hydrogen) atoms. The molecule has 3 nitrogen and oxygen atoms in total. The quantitative estimate of drug-likeness (QED) is 0.829. The second-order valence-corrected chi connectivity index (χ2v) is 7.75. The van der Waals surface area contributed by atoms with Crippen molar-refractivity contribution in [1.82, 2.24) is 4.90 Å². The summed E-state index contributed by atoms with van der Waals surface area (Å²) in [5.41, 5.74) is 0.701. The molecule has 1 aliphatic heterocycles. The molecule has 2 aromatic carbocycles. The Morgan fingerprint density at radius 3 is 2.54 bits per heavy atom. The Morgan fingerprint density at radius 2 is 1.85 bits per heavy atom. The van der Waals surface area contributed by atoms with E-state index in [1.807, 2.05) is 0 Å². The highest BCUT2D eigenvalue weighted by Gasteiger charge is 2.27. The molecule has 1 fully saturated rings. The molecule has 0 aliphatic carbocycles. The van der Waals surface area contributed by atoms with Gasteiger partial charge in [0, 0.05) is 4.90 Å². The Balaban J connectivity index is 1.91. The van der Waals surface area contributed by atoms with Crippen LogP contribution < -0.4 is 4.74 Å². The van der Waals surface area contributed by atoms with Crippen LogP contribution in [0.25, 0.3) is 0 Å². The molecular formula is C20H23F2NO2S. The van der Waals surface area contributed by atoms with Crippen molar-refractivity contribution < 1.29 is 18.6 Å². The molecule has 0 saturated carbocycles. The normalized spacial score (nSPS) is 17.3. The molecule has 2 aromatic rings. The number of ether oxygens (including phenoxy) is 1. The van der Waals surface area contributed by atoms with Gasteiger partial charge in [-0.15, -0.1) is 0 Å². The van der Waals surface area contributed by atoms with Gasteiger partial charge in [-0.05, 0) is 80.9 Å². The fourth-order valence-electron chi connectivity index (χ4n) is 3.25. The van der Waals surface area contributed by atoms with Gasteiger partial charge in [-0.25, -0.2) is 8.78 Å². The van der Waals surface area contributed by atoms with Gasteiger partial charge in [0.2, 0.25) is 0 Å². The summed E-state index contributed by atoms with van der Waals surface area (Å²) >= 11 is 1.13. The fourth-order valence-corrected chi connectivity index (χ4v) is 4.26. The number of aliphatic hydroxyl groups is 1. The average Bonchev–Trinajstić information content (AvgIpc) is 2.65. The van der Waals surface area contributed by atoms with Crippen molar-refractivity contribution in [3.63, 3.8) is 0 Å². The number of methoxy groups -OCH3 is 1. The van der Waals surface area contributed by atoms with E-state index in [0.717, 1.165) is 49.8 Å². The summed E-state index contributed by atoms with van der Waals surface area (Å²) in [6, 6.07) is 8.75. The molecule has 1 unspecified atom stereocenters. The molecule has 140 valence electrons. The van der Waals surface area contributed by atoms with Gasteiger partial charge in [0.25, 0.3) is 0 Å². The zero-order chi connectivity index (χ0) is 18.7. The highest BCUT2D eigenvalue weighted by molar-refractivity contribution is 7.99. The molecule has 0 radical (unpaired) electrons. The molecule has 0 amide bonds. The number of nitrogens with zero attached hydrogens (tertiary/aromatic N) is 1. The van der Waals surface area contributed by atoms with Crippen molar-refractivity contribution in [3.8, 4) is 5.75 Å². The molecule has 0 aromatic heterocycles. The highest BCUT2D eigenvalue weighted by atomic mass is 32.2. The maximum atomic E-state index is 14.1. The number of aliphatic hydroxyl groups excluding tert-OH is 1. The second-order valence-electron chi connectivity index (χ2n) is 6.67. The lowest BCUT2D eigenvalue weighted by atomic mass is 9.87. The summed E-state index contributed by atoms with van der Waals surface area (Å²) in [6.45, 7) is 1.87. The lowest BCUT2D eigenvalue weighted by molar-refractivity contribution is 0.0637. The Morgan fingerprint density at radius 1 is 1.12 bits per heavy atom. The predicted molar refractivity (Wildman–Crippen MR) is 98.7 cm³/mol.